The van der Waals surface area contributed by atoms with Crippen molar-refractivity contribution in [3.63, 3.8) is 0 Å². The number of ether oxygens (including phenoxy) is 1. The molecule has 1 aliphatic carbocycles. The molecule has 36 heavy (non-hydrogen) atoms. The Bertz CT molecular complexity index is 1480. The molecule has 184 valence electrons. The van der Waals surface area contributed by atoms with Crippen LogP contribution in [0.2, 0.25) is 0 Å². The number of oxazole rings is 1. The Kier molecular flexibility index (Phi) is 4.89. The zero-order chi connectivity index (χ0) is 24.3. The van der Waals surface area contributed by atoms with E-state index in [0.29, 0.717) is 22.9 Å². The highest BCUT2D eigenvalue weighted by Gasteiger charge is 2.41. The van der Waals surface area contributed by atoms with Crippen molar-refractivity contribution in [3.05, 3.63) is 36.7 Å². The number of nitrogens with one attached hydrogen (secondary N) is 2. The molecular weight excluding hydrogens is 456 g/mol. The molecule has 7 rings (SSSR count). The summed E-state index contributed by atoms with van der Waals surface area (Å²) in [5.74, 6) is 1.85. The van der Waals surface area contributed by atoms with E-state index in [1.807, 2.05) is 19.2 Å². The summed E-state index contributed by atoms with van der Waals surface area (Å²) in [6.45, 7) is 3.87. The lowest BCUT2D eigenvalue weighted by molar-refractivity contribution is -0.124. The third-order valence-corrected chi connectivity index (χ3v) is 7.82. The minimum absolute atomic E-state index is 0.0224. The van der Waals surface area contributed by atoms with Crippen LogP contribution in [0.3, 0.4) is 0 Å². The van der Waals surface area contributed by atoms with E-state index in [1.165, 1.54) is 5.69 Å². The number of benzene rings is 1. The molecule has 0 radical (unpaired) electrons. The summed E-state index contributed by atoms with van der Waals surface area (Å²) < 4.78 is 11.7. The fourth-order valence-electron chi connectivity index (χ4n) is 5.29. The van der Waals surface area contributed by atoms with Crippen molar-refractivity contribution < 1.29 is 13.9 Å². The zero-order valence-electron chi connectivity index (χ0n) is 20.2. The Morgan fingerprint density at radius 1 is 1.08 bits per heavy atom. The zero-order valence-corrected chi connectivity index (χ0v) is 20.2. The van der Waals surface area contributed by atoms with Gasteiger partial charge >= 0.3 is 0 Å². The number of aromatic nitrogens is 3. The van der Waals surface area contributed by atoms with Gasteiger partial charge in [-0.25, -0.2) is 15.0 Å². The van der Waals surface area contributed by atoms with Crippen molar-refractivity contribution in [1.82, 2.24) is 15.0 Å². The molecular formula is C27H28N6O3. The van der Waals surface area contributed by atoms with Crippen molar-refractivity contribution in [2.24, 2.45) is 11.3 Å². The van der Waals surface area contributed by atoms with E-state index < -0.39 is 0 Å². The van der Waals surface area contributed by atoms with Gasteiger partial charge in [-0.2, -0.15) is 0 Å². The molecule has 9 nitrogen and oxygen atoms in total. The highest BCUT2D eigenvalue weighted by molar-refractivity contribution is 6.03. The largest absolute Gasteiger partial charge is 0.436 e. The summed E-state index contributed by atoms with van der Waals surface area (Å²) in [5, 5.41) is 7.76. The Balaban J connectivity index is 1.23. The molecule has 2 aliphatic heterocycles. The van der Waals surface area contributed by atoms with Crippen LogP contribution < -0.4 is 15.5 Å². The lowest BCUT2D eigenvalue weighted by Gasteiger charge is -2.47. The lowest BCUT2D eigenvalue weighted by atomic mass is 9.77. The van der Waals surface area contributed by atoms with Crippen molar-refractivity contribution in [1.29, 1.82) is 0 Å². The van der Waals surface area contributed by atoms with E-state index in [1.54, 1.807) is 12.4 Å². The van der Waals surface area contributed by atoms with Gasteiger partial charge in [-0.1, -0.05) is 0 Å². The van der Waals surface area contributed by atoms with Crippen molar-refractivity contribution in [3.8, 4) is 11.5 Å². The maximum Gasteiger partial charge on any atom is 0.229 e. The molecule has 3 fully saturated rings. The molecule has 1 amide bonds. The summed E-state index contributed by atoms with van der Waals surface area (Å²) in [6.07, 6.45) is 7.71. The maximum atomic E-state index is 12.3. The summed E-state index contributed by atoms with van der Waals surface area (Å²) in [5.41, 5.74) is 3.88. The number of pyridine rings is 2. The van der Waals surface area contributed by atoms with Crippen LogP contribution >= 0.6 is 0 Å². The molecule has 3 aliphatic rings. The number of rotatable bonds is 5. The first kappa shape index (κ1) is 21.6. The standard InChI is InChI=1S/C27H28N6O3/c1-28-24-19-12-29-23(32-25(34)16-2-3-16)11-18(19)20(13-30-24)26-31-21-10-17(4-5-22(21)36-26)33-8-6-27(7-9-33)14-35-15-27/h4-5,10-13,16H,2-3,6-9,14-15H2,1H3,(H,28,30)(H,29,32,34). The molecule has 0 atom stereocenters. The van der Waals surface area contributed by atoms with E-state index in [-0.39, 0.29) is 11.8 Å². The maximum absolute atomic E-state index is 12.3. The predicted octanol–water partition coefficient (Wildman–Crippen LogP) is 4.45. The SMILES string of the molecule is CNc1ncc(-c2nc3cc(N4CCC5(CC4)COC5)ccc3o2)c2cc(NC(=O)C3CC3)ncc12. The number of nitrogens with zero attached hydrogens (tertiary/aromatic N) is 4. The number of carbonyl (C=O) groups is 1. The second kappa shape index (κ2) is 8.16. The average molecular weight is 485 g/mol. The van der Waals surface area contributed by atoms with Gasteiger partial charge in [-0.05, 0) is 49.9 Å². The number of fused-ring (bicyclic) bond motifs is 2. The molecule has 1 saturated carbocycles. The highest BCUT2D eigenvalue weighted by Crippen LogP contribution is 2.40. The van der Waals surface area contributed by atoms with Gasteiger partial charge in [0.15, 0.2) is 5.58 Å². The predicted molar refractivity (Wildman–Crippen MR) is 138 cm³/mol. The van der Waals surface area contributed by atoms with Crippen molar-refractivity contribution in [2.45, 2.75) is 25.7 Å². The van der Waals surface area contributed by atoms with Gasteiger partial charge in [0, 0.05) is 60.3 Å². The first-order valence-corrected chi connectivity index (χ1v) is 12.6. The van der Waals surface area contributed by atoms with Crippen LogP contribution in [0.25, 0.3) is 33.3 Å². The Morgan fingerprint density at radius 3 is 2.64 bits per heavy atom. The van der Waals surface area contributed by atoms with Gasteiger partial charge < -0.3 is 24.7 Å². The quantitative estimate of drug-likeness (QED) is 0.428. The van der Waals surface area contributed by atoms with Gasteiger partial charge in [0.25, 0.3) is 0 Å². The van der Waals surface area contributed by atoms with E-state index >= 15 is 0 Å². The smallest absolute Gasteiger partial charge is 0.229 e. The van der Waals surface area contributed by atoms with Gasteiger partial charge in [0.05, 0.1) is 18.8 Å². The number of piperidine rings is 1. The molecule has 4 aromatic rings. The minimum Gasteiger partial charge on any atom is -0.436 e. The second-order valence-electron chi connectivity index (χ2n) is 10.3. The number of anilines is 3. The highest BCUT2D eigenvalue weighted by atomic mass is 16.5. The summed E-state index contributed by atoms with van der Waals surface area (Å²) >= 11 is 0. The summed E-state index contributed by atoms with van der Waals surface area (Å²) in [4.78, 5) is 28.6. The van der Waals surface area contributed by atoms with Gasteiger partial charge in [-0.15, -0.1) is 0 Å². The first-order valence-electron chi connectivity index (χ1n) is 12.6. The lowest BCUT2D eigenvalue weighted by Crippen LogP contribution is -2.50. The number of hydrogen-bond donors (Lipinski definition) is 2. The van der Waals surface area contributed by atoms with E-state index in [4.69, 9.17) is 14.1 Å². The van der Waals surface area contributed by atoms with Crippen LogP contribution in [-0.4, -0.2) is 54.2 Å². The average Bonchev–Trinajstić information content (AvgIpc) is 3.66. The first-order chi connectivity index (χ1) is 17.6. The Labute approximate surface area is 208 Å². The second-order valence-corrected chi connectivity index (χ2v) is 10.3. The molecule has 9 heteroatoms. The number of carbonyl (C=O) groups excluding carboxylic acids is 1. The third-order valence-electron chi connectivity index (χ3n) is 7.82. The third kappa shape index (κ3) is 3.65. The molecule has 3 aromatic heterocycles. The van der Waals surface area contributed by atoms with Crippen molar-refractivity contribution >= 4 is 45.1 Å². The minimum atomic E-state index is 0.0224. The molecule has 5 heterocycles. The molecule has 2 N–H and O–H groups in total. The normalized spacial score (nSPS) is 19.0. The molecule has 1 spiro atoms. The van der Waals surface area contributed by atoms with E-state index in [2.05, 4.69) is 37.6 Å². The number of hydrogen-bond acceptors (Lipinski definition) is 8. The van der Waals surface area contributed by atoms with Gasteiger partial charge in [0.1, 0.15) is 17.2 Å². The van der Waals surface area contributed by atoms with Crippen molar-refractivity contribution in [2.75, 3.05) is 48.9 Å². The number of amides is 1. The molecule has 0 bridgehead atoms. The monoisotopic (exact) mass is 484 g/mol. The Hall–Kier alpha value is -3.72. The van der Waals surface area contributed by atoms with Crippen LogP contribution in [0.5, 0.6) is 0 Å². The van der Waals surface area contributed by atoms with Crippen LogP contribution in [0.4, 0.5) is 17.3 Å². The fourth-order valence-corrected chi connectivity index (χ4v) is 5.29. The van der Waals surface area contributed by atoms with Crippen LogP contribution in [-0.2, 0) is 9.53 Å². The van der Waals surface area contributed by atoms with Gasteiger partial charge in [0.2, 0.25) is 11.8 Å². The summed E-state index contributed by atoms with van der Waals surface area (Å²) in [7, 11) is 1.83. The molecule has 2 saturated heterocycles. The Morgan fingerprint density at radius 2 is 1.92 bits per heavy atom. The van der Waals surface area contributed by atoms with Crippen LogP contribution in [0, 0.1) is 11.3 Å². The topological polar surface area (TPSA) is 105 Å². The molecule has 0 unspecified atom stereocenters. The fraction of sp³-hybridized carbons (Fsp3) is 0.407. The summed E-state index contributed by atoms with van der Waals surface area (Å²) in [6, 6.07) is 8.10. The van der Waals surface area contributed by atoms with Crippen LogP contribution in [0.15, 0.2) is 41.1 Å². The van der Waals surface area contributed by atoms with E-state index in [0.717, 1.165) is 79.4 Å². The van der Waals surface area contributed by atoms with Crippen LogP contribution in [0.1, 0.15) is 25.7 Å². The molecule has 1 aromatic carbocycles. The van der Waals surface area contributed by atoms with Gasteiger partial charge in [-0.3, -0.25) is 4.79 Å². The van der Waals surface area contributed by atoms with E-state index in [9.17, 15) is 4.79 Å².